The van der Waals surface area contributed by atoms with Crippen molar-refractivity contribution in [2.45, 2.75) is 27.2 Å². The molecule has 0 aliphatic rings. The van der Waals surface area contributed by atoms with Gasteiger partial charge in [-0.2, -0.15) is 0 Å². The van der Waals surface area contributed by atoms with Gasteiger partial charge in [-0.05, 0) is 43.2 Å². The number of hydrogen-bond acceptors (Lipinski definition) is 4. The molecule has 2 rings (SSSR count). The molecule has 0 aliphatic carbocycles. The van der Waals surface area contributed by atoms with E-state index in [1.807, 2.05) is 26.2 Å². The second-order valence-corrected chi connectivity index (χ2v) is 6.90. The van der Waals surface area contributed by atoms with E-state index < -0.39 is 0 Å². The van der Waals surface area contributed by atoms with E-state index in [1.54, 1.807) is 41.7 Å². The van der Waals surface area contributed by atoms with E-state index in [-0.39, 0.29) is 11.8 Å². The smallest absolute Gasteiger partial charge is 0.248 e. The van der Waals surface area contributed by atoms with E-state index in [1.165, 1.54) is 6.08 Å². The number of aromatic nitrogens is 1. The van der Waals surface area contributed by atoms with Crippen molar-refractivity contribution >= 4 is 40.6 Å². The Bertz CT molecular complexity index is 733. The van der Waals surface area contributed by atoms with Crippen molar-refractivity contribution in [2.24, 2.45) is 5.92 Å². The number of nitrogens with one attached hydrogen (secondary N) is 2. The lowest BCUT2D eigenvalue weighted by Gasteiger charge is -2.08. The molecule has 0 spiro atoms. The molecule has 0 unspecified atom stereocenters. The predicted octanol–water partition coefficient (Wildman–Crippen LogP) is 4.09. The zero-order valence-corrected chi connectivity index (χ0v) is 14.8. The summed E-state index contributed by atoms with van der Waals surface area (Å²) in [5, 5.41) is 8.46. The number of nitrogens with zero attached hydrogens (tertiary/aromatic N) is 1. The first-order chi connectivity index (χ1) is 11.4. The van der Waals surface area contributed by atoms with Crippen LogP contribution >= 0.6 is 11.3 Å². The van der Waals surface area contributed by atoms with Crippen LogP contribution in [0.15, 0.2) is 35.7 Å². The zero-order chi connectivity index (χ0) is 17.5. The molecule has 24 heavy (non-hydrogen) atoms. The number of amides is 2. The number of hydrogen-bond donors (Lipinski definition) is 2. The molecule has 0 saturated carbocycles. The Morgan fingerprint density at radius 2 is 1.79 bits per heavy atom. The fraction of sp³-hybridized carbons (Fsp3) is 0.278. The summed E-state index contributed by atoms with van der Waals surface area (Å²) >= 11 is 1.54. The van der Waals surface area contributed by atoms with Crippen LogP contribution in [0.5, 0.6) is 0 Å². The van der Waals surface area contributed by atoms with Crippen molar-refractivity contribution in [3.05, 3.63) is 46.4 Å². The number of benzene rings is 1. The summed E-state index contributed by atoms with van der Waals surface area (Å²) in [5.41, 5.74) is 2.16. The van der Waals surface area contributed by atoms with E-state index in [2.05, 4.69) is 15.6 Å². The van der Waals surface area contributed by atoms with Crippen LogP contribution in [0, 0.1) is 12.8 Å². The zero-order valence-electron chi connectivity index (χ0n) is 14.0. The minimum Gasteiger partial charge on any atom is -0.326 e. The Hall–Kier alpha value is -2.47. The number of carbonyl (C=O) groups excluding carboxylic acids is 2. The lowest BCUT2D eigenvalue weighted by atomic mass is 10.1. The van der Waals surface area contributed by atoms with Gasteiger partial charge in [0.15, 0.2) is 0 Å². The van der Waals surface area contributed by atoms with Gasteiger partial charge in [0.05, 0.1) is 10.7 Å². The predicted molar refractivity (Wildman–Crippen MR) is 99.0 cm³/mol. The van der Waals surface area contributed by atoms with E-state index in [9.17, 15) is 9.59 Å². The lowest BCUT2D eigenvalue weighted by Crippen LogP contribution is -2.14. The van der Waals surface area contributed by atoms with Crippen LogP contribution in [0.2, 0.25) is 0 Å². The molecule has 0 aliphatic heterocycles. The van der Waals surface area contributed by atoms with Crippen LogP contribution in [0.25, 0.3) is 6.08 Å². The quantitative estimate of drug-likeness (QED) is 0.776. The van der Waals surface area contributed by atoms with Crippen LogP contribution < -0.4 is 10.6 Å². The molecule has 0 bridgehead atoms. The summed E-state index contributed by atoms with van der Waals surface area (Å²) in [6.45, 7) is 5.92. The maximum absolute atomic E-state index is 11.9. The molecule has 1 heterocycles. The summed E-state index contributed by atoms with van der Waals surface area (Å²) in [6, 6.07) is 7.04. The highest BCUT2D eigenvalue weighted by atomic mass is 32.1. The van der Waals surface area contributed by atoms with Crippen LogP contribution in [0.4, 0.5) is 11.4 Å². The number of thiazole rings is 1. The van der Waals surface area contributed by atoms with Gasteiger partial charge in [-0.15, -0.1) is 11.3 Å². The molecule has 2 aromatic rings. The van der Waals surface area contributed by atoms with Crippen molar-refractivity contribution in [2.75, 3.05) is 10.6 Å². The van der Waals surface area contributed by atoms with Gasteiger partial charge in [0.25, 0.3) is 0 Å². The average Bonchev–Trinajstić information content (AvgIpc) is 2.92. The Labute approximate surface area is 145 Å². The maximum Gasteiger partial charge on any atom is 0.248 e. The highest BCUT2D eigenvalue weighted by molar-refractivity contribution is 7.09. The van der Waals surface area contributed by atoms with Crippen molar-refractivity contribution < 1.29 is 9.59 Å². The molecule has 2 amide bonds. The second-order valence-electron chi connectivity index (χ2n) is 5.84. The van der Waals surface area contributed by atoms with E-state index in [0.717, 1.165) is 10.7 Å². The minimum absolute atomic E-state index is 0.0109. The van der Waals surface area contributed by atoms with Gasteiger partial charge >= 0.3 is 0 Å². The third-order valence-corrected chi connectivity index (χ3v) is 3.86. The largest absolute Gasteiger partial charge is 0.326 e. The van der Waals surface area contributed by atoms with Gasteiger partial charge in [0.1, 0.15) is 0 Å². The first kappa shape index (κ1) is 17.9. The van der Waals surface area contributed by atoms with E-state index in [4.69, 9.17) is 0 Å². The third-order valence-electron chi connectivity index (χ3n) is 3.07. The molecule has 5 nitrogen and oxygen atoms in total. The second kappa shape index (κ2) is 8.40. The fourth-order valence-electron chi connectivity index (χ4n) is 2.02. The van der Waals surface area contributed by atoms with Crippen molar-refractivity contribution in [3.63, 3.8) is 0 Å². The van der Waals surface area contributed by atoms with Gasteiger partial charge < -0.3 is 10.6 Å². The molecule has 0 radical (unpaired) electrons. The molecule has 126 valence electrons. The molecule has 1 aromatic carbocycles. The van der Waals surface area contributed by atoms with Crippen molar-refractivity contribution in [1.82, 2.24) is 4.98 Å². The first-order valence-electron chi connectivity index (χ1n) is 7.73. The van der Waals surface area contributed by atoms with E-state index >= 15 is 0 Å². The highest BCUT2D eigenvalue weighted by Crippen LogP contribution is 2.15. The van der Waals surface area contributed by atoms with Gasteiger partial charge in [-0.3, -0.25) is 9.59 Å². The molecule has 6 heteroatoms. The molecule has 0 fully saturated rings. The van der Waals surface area contributed by atoms with Gasteiger partial charge in [0, 0.05) is 29.3 Å². The maximum atomic E-state index is 11.9. The SMILES string of the molecule is Cc1nc(/C=C/C(=O)Nc2ccc(NC(=O)CC(C)C)cc2)cs1. The van der Waals surface area contributed by atoms with Crippen LogP contribution in [0.1, 0.15) is 31.0 Å². The average molecular weight is 343 g/mol. The third kappa shape index (κ3) is 5.96. The summed E-state index contributed by atoms with van der Waals surface area (Å²) in [4.78, 5) is 27.9. The monoisotopic (exact) mass is 343 g/mol. The minimum atomic E-state index is -0.225. The Balaban J connectivity index is 1.87. The van der Waals surface area contributed by atoms with Crippen LogP contribution in [-0.2, 0) is 9.59 Å². The summed E-state index contributed by atoms with van der Waals surface area (Å²) in [7, 11) is 0. The highest BCUT2D eigenvalue weighted by Gasteiger charge is 2.05. The summed E-state index contributed by atoms with van der Waals surface area (Å²) < 4.78 is 0. The molecular formula is C18H21N3O2S. The van der Waals surface area contributed by atoms with Crippen LogP contribution in [-0.4, -0.2) is 16.8 Å². The molecular weight excluding hydrogens is 322 g/mol. The molecule has 1 aromatic heterocycles. The standard InChI is InChI=1S/C18H21N3O2S/c1-12(2)10-18(23)21-15-6-4-14(5-7-15)20-17(22)9-8-16-11-24-13(3)19-16/h4-9,11-12H,10H2,1-3H3,(H,20,22)(H,21,23)/b9-8+. The summed E-state index contributed by atoms with van der Waals surface area (Å²) in [6.07, 6.45) is 3.62. The topological polar surface area (TPSA) is 71.1 Å². The number of carbonyl (C=O) groups is 2. The lowest BCUT2D eigenvalue weighted by molar-refractivity contribution is -0.117. The van der Waals surface area contributed by atoms with E-state index in [0.29, 0.717) is 23.7 Å². The van der Waals surface area contributed by atoms with Crippen molar-refractivity contribution in [1.29, 1.82) is 0 Å². The fourth-order valence-corrected chi connectivity index (χ4v) is 2.60. The van der Waals surface area contributed by atoms with Crippen molar-refractivity contribution in [3.8, 4) is 0 Å². The molecule has 0 saturated heterocycles. The Morgan fingerprint density at radius 3 is 2.33 bits per heavy atom. The van der Waals surface area contributed by atoms with Gasteiger partial charge in [0.2, 0.25) is 11.8 Å². The van der Waals surface area contributed by atoms with Gasteiger partial charge in [-0.25, -0.2) is 4.98 Å². The number of rotatable bonds is 6. The molecule has 0 atom stereocenters. The number of aryl methyl sites for hydroxylation is 1. The number of anilines is 2. The summed E-state index contributed by atoms with van der Waals surface area (Å²) in [5.74, 6) is 0.0809. The Kier molecular flexibility index (Phi) is 6.26. The van der Waals surface area contributed by atoms with Gasteiger partial charge in [-0.1, -0.05) is 13.8 Å². The normalized spacial score (nSPS) is 11.0. The van der Waals surface area contributed by atoms with Crippen LogP contribution in [0.3, 0.4) is 0 Å². The Morgan fingerprint density at radius 1 is 1.17 bits per heavy atom. The first-order valence-corrected chi connectivity index (χ1v) is 8.61. The molecule has 2 N–H and O–H groups in total.